The van der Waals surface area contributed by atoms with Crippen molar-refractivity contribution in [3.05, 3.63) is 106 Å². The van der Waals surface area contributed by atoms with Crippen molar-refractivity contribution in [2.75, 3.05) is 26.0 Å². The zero-order valence-electron chi connectivity index (χ0n) is 23.6. The van der Waals surface area contributed by atoms with E-state index in [1.165, 1.54) is 0 Å². The highest BCUT2D eigenvalue weighted by atomic mass is 35.5. The van der Waals surface area contributed by atoms with Crippen molar-refractivity contribution in [3.8, 4) is 0 Å². The van der Waals surface area contributed by atoms with Gasteiger partial charge >= 0.3 is 0 Å². The van der Waals surface area contributed by atoms with E-state index >= 15 is 0 Å². The molecule has 1 aliphatic heterocycles. The molecule has 1 saturated heterocycles. The molecule has 2 nitrogen and oxygen atoms in total. The summed E-state index contributed by atoms with van der Waals surface area (Å²) in [5.74, 6) is 0. The fourth-order valence-corrected chi connectivity index (χ4v) is 3.35. The lowest BCUT2D eigenvalue weighted by Crippen LogP contribution is -2.47. The number of aryl methyl sites for hydroxylation is 1. The fraction of sp³-hybridized carbons (Fsp3) is 0.280. The van der Waals surface area contributed by atoms with Crippen LogP contribution in [0.4, 0.5) is 0 Å². The first kappa shape index (κ1) is 11.8. The lowest BCUT2D eigenvalue weighted by Gasteiger charge is -2.40. The summed E-state index contributed by atoms with van der Waals surface area (Å²) in [5.41, 5.74) is 2.31. The van der Waals surface area contributed by atoms with Crippen LogP contribution in [0.15, 0.2) is 78.9 Å². The van der Waals surface area contributed by atoms with Crippen molar-refractivity contribution in [2.45, 2.75) is 19.5 Å². The molecule has 0 bridgehead atoms. The lowest BCUT2D eigenvalue weighted by molar-refractivity contribution is 0.105. The molecule has 0 N–H and O–H groups in total. The molecule has 28 heavy (non-hydrogen) atoms. The molecule has 0 aliphatic carbocycles. The number of hydrogen-bond donors (Lipinski definition) is 0. The van der Waals surface area contributed by atoms with Crippen molar-refractivity contribution in [1.29, 1.82) is 0 Å². The molecule has 3 aromatic rings. The van der Waals surface area contributed by atoms with Gasteiger partial charge in [0.05, 0.1) is 6.04 Å². The second-order valence-electron chi connectivity index (χ2n) is 6.69. The summed E-state index contributed by atoms with van der Waals surface area (Å²) in [7, 11) is 0. The van der Waals surface area contributed by atoms with E-state index in [1.807, 2.05) is 0 Å². The second-order valence-corrected chi connectivity index (χ2v) is 7.13. The van der Waals surface area contributed by atoms with Gasteiger partial charge in [0, 0.05) is 48.5 Å². The van der Waals surface area contributed by atoms with E-state index in [-0.39, 0.29) is 6.54 Å². The highest BCUT2D eigenvalue weighted by molar-refractivity contribution is 6.30. The summed E-state index contributed by atoms with van der Waals surface area (Å²) < 4.78 is 71.4. The lowest BCUT2D eigenvalue weighted by atomic mass is 9.96. The van der Waals surface area contributed by atoms with Gasteiger partial charge < -0.3 is 0 Å². The van der Waals surface area contributed by atoms with E-state index in [9.17, 15) is 0 Å². The normalized spacial score (nSPS) is 28.2. The predicted octanol–water partition coefficient (Wildman–Crippen LogP) is 5.56. The first-order valence-corrected chi connectivity index (χ1v) is 9.53. The monoisotopic (exact) mass is 398 g/mol. The number of nitrogens with zero attached hydrogens (tertiary/aromatic N) is 2. The molecule has 4 rings (SSSR count). The summed E-state index contributed by atoms with van der Waals surface area (Å²) in [6.45, 7) is -10.2. The van der Waals surface area contributed by atoms with Gasteiger partial charge in [-0.3, -0.25) is 9.80 Å². The Hall–Kier alpha value is -2.13. The molecule has 0 radical (unpaired) electrons. The Balaban J connectivity index is 1.92. The molecule has 0 aromatic heterocycles. The number of rotatable bonds is 5. The Labute approximate surface area is 184 Å². The van der Waals surface area contributed by atoms with Crippen molar-refractivity contribution in [3.63, 3.8) is 0 Å². The number of hydrogen-bond acceptors (Lipinski definition) is 2. The van der Waals surface area contributed by atoms with Gasteiger partial charge in [-0.2, -0.15) is 0 Å². The zero-order chi connectivity index (χ0) is 26.5. The van der Waals surface area contributed by atoms with E-state index in [1.54, 1.807) is 85.8 Å². The number of halogens is 1. The molecule has 3 heteroatoms. The third-order valence-electron chi connectivity index (χ3n) is 4.76. The summed E-state index contributed by atoms with van der Waals surface area (Å²) in [6, 6.07) is 20.9. The first-order chi connectivity index (χ1) is 16.7. The van der Waals surface area contributed by atoms with Crippen LogP contribution in [0, 0.1) is 6.92 Å². The van der Waals surface area contributed by atoms with Gasteiger partial charge in [0.25, 0.3) is 0 Å². The Morgan fingerprint density at radius 2 is 1.43 bits per heavy atom. The van der Waals surface area contributed by atoms with Crippen LogP contribution in [0.1, 0.15) is 39.3 Å². The molecule has 0 spiro atoms. The van der Waals surface area contributed by atoms with Gasteiger partial charge in [0.2, 0.25) is 0 Å². The van der Waals surface area contributed by atoms with Crippen LogP contribution in [0.5, 0.6) is 0 Å². The highest BCUT2D eigenvalue weighted by Crippen LogP contribution is 2.30. The number of piperazine rings is 1. The average molecular weight is 399 g/mol. The topological polar surface area (TPSA) is 6.48 Å². The number of benzene rings is 3. The molecule has 0 amide bonds. The second kappa shape index (κ2) is 8.91. The minimum Gasteiger partial charge on any atom is -0.297 e. The van der Waals surface area contributed by atoms with E-state index in [0.717, 1.165) is 5.56 Å². The zero-order valence-corrected chi connectivity index (χ0v) is 16.3. The van der Waals surface area contributed by atoms with Crippen molar-refractivity contribution in [1.82, 2.24) is 9.80 Å². The molecular formula is C25H27ClN2. The molecule has 1 fully saturated rings. The Bertz CT molecular complexity index is 1190. The van der Waals surface area contributed by atoms with Gasteiger partial charge in [-0.1, -0.05) is 78.3 Å². The molecule has 0 saturated carbocycles. The van der Waals surface area contributed by atoms with E-state index in [0.29, 0.717) is 31.5 Å². The fourth-order valence-electron chi connectivity index (χ4n) is 3.22. The molecule has 1 aliphatic rings. The van der Waals surface area contributed by atoms with Crippen LogP contribution >= 0.6 is 11.6 Å². The Morgan fingerprint density at radius 1 is 0.821 bits per heavy atom. The summed E-state index contributed by atoms with van der Waals surface area (Å²) in [5, 5.41) is 0.435. The third-order valence-corrected chi connectivity index (χ3v) is 5.01. The maximum atomic E-state index is 8.98. The predicted molar refractivity (Wildman–Crippen MR) is 118 cm³/mol. The molecule has 1 unspecified atom stereocenters. The third kappa shape index (κ3) is 4.47. The van der Waals surface area contributed by atoms with Gasteiger partial charge in [0.15, 0.2) is 0 Å². The molecule has 3 aromatic carbocycles. The Kier molecular flexibility index (Phi) is 3.75. The minimum absolute atomic E-state index is 0.309. The summed E-state index contributed by atoms with van der Waals surface area (Å²) in [6.07, 6.45) is 0. The maximum absolute atomic E-state index is 8.98. The van der Waals surface area contributed by atoms with Crippen molar-refractivity contribution < 1.29 is 11.0 Å². The maximum Gasteiger partial charge on any atom is 0.0602 e. The Morgan fingerprint density at radius 3 is 2.11 bits per heavy atom. The smallest absolute Gasteiger partial charge is 0.0602 e. The van der Waals surface area contributed by atoms with Crippen LogP contribution in [-0.4, -0.2) is 35.8 Å². The first-order valence-electron chi connectivity index (χ1n) is 13.1. The summed E-state index contributed by atoms with van der Waals surface area (Å²) in [4.78, 5) is 1.37. The van der Waals surface area contributed by atoms with E-state index < -0.39 is 32.0 Å². The molecular weight excluding hydrogens is 364 g/mol. The summed E-state index contributed by atoms with van der Waals surface area (Å²) >= 11 is 6.07. The van der Waals surface area contributed by atoms with E-state index in [4.69, 9.17) is 22.6 Å². The minimum atomic E-state index is -2.95. The van der Waals surface area contributed by atoms with Crippen molar-refractivity contribution >= 4 is 11.6 Å². The largest absolute Gasteiger partial charge is 0.297 e. The SMILES string of the molecule is [2H]C1([2H])N(Cc2ccccc2C)C([2H])([2H])C([2H])([2H])N(C(c2ccccc2)c2ccc(Cl)cc2)C1([2H])[2H]. The highest BCUT2D eigenvalue weighted by Gasteiger charge is 2.26. The van der Waals surface area contributed by atoms with E-state index in [2.05, 4.69) is 0 Å². The van der Waals surface area contributed by atoms with Gasteiger partial charge in [-0.15, -0.1) is 0 Å². The van der Waals surface area contributed by atoms with Gasteiger partial charge in [-0.05, 0) is 41.3 Å². The quantitative estimate of drug-likeness (QED) is 0.555. The molecule has 1 atom stereocenters. The van der Waals surface area contributed by atoms with Crippen LogP contribution in [0.25, 0.3) is 0 Å². The van der Waals surface area contributed by atoms with Crippen LogP contribution < -0.4 is 0 Å². The van der Waals surface area contributed by atoms with Crippen LogP contribution in [-0.2, 0) is 6.54 Å². The van der Waals surface area contributed by atoms with Gasteiger partial charge in [-0.25, -0.2) is 0 Å². The van der Waals surface area contributed by atoms with Crippen LogP contribution in [0.2, 0.25) is 5.02 Å². The average Bonchev–Trinajstić information content (AvgIpc) is 2.81. The molecule has 1 heterocycles. The van der Waals surface area contributed by atoms with Crippen molar-refractivity contribution in [2.24, 2.45) is 0 Å². The van der Waals surface area contributed by atoms with Crippen LogP contribution in [0.3, 0.4) is 0 Å². The standard InChI is InChI=1S/C25H27ClN2/c1-20-7-5-6-10-23(20)19-27-15-17-28(18-16-27)25(21-8-3-2-4-9-21)22-11-13-24(26)14-12-22/h2-14,25H,15-19H2,1H3/i15D2,16D2,17D2,18D2. The van der Waals surface area contributed by atoms with Gasteiger partial charge in [0.1, 0.15) is 0 Å². The molecule has 144 valence electrons.